The van der Waals surface area contributed by atoms with Gasteiger partial charge in [0.05, 0.1) is 5.56 Å². The summed E-state index contributed by atoms with van der Waals surface area (Å²) in [5.41, 5.74) is 14.7. The molecule has 0 aliphatic heterocycles. The zero-order chi connectivity index (χ0) is 22.1. The van der Waals surface area contributed by atoms with Gasteiger partial charge in [-0.05, 0) is 74.0 Å². The Labute approximate surface area is 177 Å². The number of nitrogens with two attached hydrogens (primary N) is 2. The molecule has 0 aliphatic rings. The second-order valence-electron chi connectivity index (χ2n) is 7.12. The van der Waals surface area contributed by atoms with Crippen LogP contribution in [-0.2, 0) is 0 Å². The third kappa shape index (κ3) is 6.78. The highest BCUT2D eigenvalue weighted by molar-refractivity contribution is 5.97. The van der Waals surface area contributed by atoms with Crippen LogP contribution >= 0.6 is 0 Å². The lowest BCUT2D eigenvalue weighted by Crippen LogP contribution is -2.09. The number of carbonyl (C=O) groups is 2. The van der Waals surface area contributed by atoms with Crippen LogP contribution in [0, 0.1) is 12.8 Å². The van der Waals surface area contributed by atoms with Gasteiger partial charge < -0.3 is 16.2 Å². The second-order valence-corrected chi connectivity index (χ2v) is 7.12. The van der Waals surface area contributed by atoms with Crippen molar-refractivity contribution in [2.75, 3.05) is 11.5 Å². The summed E-state index contributed by atoms with van der Waals surface area (Å²) >= 11 is 0. The first kappa shape index (κ1) is 22.7. The lowest BCUT2D eigenvalue weighted by atomic mass is 9.97. The van der Waals surface area contributed by atoms with Crippen LogP contribution in [-0.4, -0.2) is 11.8 Å². The van der Waals surface area contributed by atoms with Crippen molar-refractivity contribution in [3.8, 4) is 5.75 Å². The first-order valence-electron chi connectivity index (χ1n) is 9.84. The molecule has 3 aromatic rings. The van der Waals surface area contributed by atoms with E-state index in [0.29, 0.717) is 22.7 Å². The maximum atomic E-state index is 11.7. The molecule has 0 saturated heterocycles. The molecule has 0 saturated carbocycles. The van der Waals surface area contributed by atoms with E-state index < -0.39 is 0 Å². The molecule has 0 amide bonds. The number of esters is 1. The third-order valence-electron chi connectivity index (χ3n) is 4.63. The number of Topliss-reactive ketones (excluding diaryl/α,β-unsaturated/α-hetero) is 1. The van der Waals surface area contributed by atoms with Crippen molar-refractivity contribution in [3.05, 3.63) is 89.5 Å². The summed E-state index contributed by atoms with van der Waals surface area (Å²) in [6, 6.07) is 21.0. The number of hydrogen-bond donors (Lipinski definition) is 2. The van der Waals surface area contributed by atoms with E-state index in [9.17, 15) is 9.59 Å². The van der Waals surface area contributed by atoms with Crippen molar-refractivity contribution in [1.29, 1.82) is 0 Å². The number of hydrogen-bond acceptors (Lipinski definition) is 5. The summed E-state index contributed by atoms with van der Waals surface area (Å²) in [6.07, 6.45) is 0.878. The van der Waals surface area contributed by atoms with Gasteiger partial charge in [-0.1, -0.05) is 31.5 Å². The first-order valence-corrected chi connectivity index (χ1v) is 9.84. The molecule has 30 heavy (non-hydrogen) atoms. The van der Waals surface area contributed by atoms with Crippen molar-refractivity contribution >= 4 is 23.1 Å². The Balaban J connectivity index is 0.000000222. The molecule has 3 aromatic carbocycles. The Morgan fingerprint density at radius 3 is 1.73 bits per heavy atom. The minimum absolute atomic E-state index is 0.101. The Bertz CT molecular complexity index is 963. The molecule has 0 heterocycles. The van der Waals surface area contributed by atoms with Gasteiger partial charge in [0.1, 0.15) is 5.75 Å². The average molecular weight is 405 g/mol. The van der Waals surface area contributed by atoms with E-state index in [-0.39, 0.29) is 17.7 Å². The van der Waals surface area contributed by atoms with Gasteiger partial charge in [0, 0.05) is 22.9 Å². The SMILES string of the molecule is CCC(C)C(=O)c1ccc(N)cc1.Cc1ccc(OC(=O)c2ccc(N)cc2)cc1. The van der Waals surface area contributed by atoms with Gasteiger partial charge in [-0.15, -0.1) is 0 Å². The Kier molecular flexibility index (Phi) is 8.18. The Hall–Kier alpha value is -3.60. The zero-order valence-corrected chi connectivity index (χ0v) is 17.6. The van der Waals surface area contributed by atoms with Gasteiger partial charge in [0.25, 0.3) is 0 Å². The quantitative estimate of drug-likeness (QED) is 0.261. The molecule has 0 aromatic heterocycles. The van der Waals surface area contributed by atoms with Gasteiger partial charge in [-0.25, -0.2) is 4.79 Å². The molecule has 1 atom stereocenters. The minimum atomic E-state index is -0.381. The molecule has 4 N–H and O–H groups in total. The molecule has 156 valence electrons. The largest absolute Gasteiger partial charge is 0.423 e. The molecule has 1 unspecified atom stereocenters. The number of aryl methyl sites for hydroxylation is 1. The summed E-state index contributed by atoms with van der Waals surface area (Å²) in [4.78, 5) is 23.4. The topological polar surface area (TPSA) is 95.4 Å². The number of nitrogen functional groups attached to an aromatic ring is 2. The van der Waals surface area contributed by atoms with E-state index in [4.69, 9.17) is 16.2 Å². The molecule has 0 spiro atoms. The average Bonchev–Trinajstić information content (AvgIpc) is 2.75. The van der Waals surface area contributed by atoms with Crippen LogP contribution < -0.4 is 16.2 Å². The Morgan fingerprint density at radius 1 is 0.800 bits per heavy atom. The summed E-state index contributed by atoms with van der Waals surface area (Å²) < 4.78 is 5.22. The molecule has 5 nitrogen and oxygen atoms in total. The fraction of sp³-hybridized carbons (Fsp3) is 0.200. The maximum Gasteiger partial charge on any atom is 0.343 e. The monoisotopic (exact) mass is 404 g/mol. The third-order valence-corrected chi connectivity index (χ3v) is 4.63. The van der Waals surface area contributed by atoms with Gasteiger partial charge in [0.15, 0.2) is 5.78 Å². The summed E-state index contributed by atoms with van der Waals surface area (Å²) in [5, 5.41) is 0. The van der Waals surface area contributed by atoms with Gasteiger partial charge >= 0.3 is 5.97 Å². The van der Waals surface area contributed by atoms with Crippen molar-refractivity contribution in [2.45, 2.75) is 27.2 Å². The van der Waals surface area contributed by atoms with Crippen LogP contribution in [0.1, 0.15) is 46.5 Å². The number of carbonyl (C=O) groups excluding carboxylic acids is 2. The van der Waals surface area contributed by atoms with Gasteiger partial charge in [0.2, 0.25) is 0 Å². The van der Waals surface area contributed by atoms with Crippen molar-refractivity contribution in [2.24, 2.45) is 5.92 Å². The number of ether oxygens (including phenoxy) is 1. The summed E-state index contributed by atoms with van der Waals surface area (Å²) in [6.45, 7) is 5.93. The van der Waals surface area contributed by atoms with Crippen LogP contribution in [0.2, 0.25) is 0 Å². The minimum Gasteiger partial charge on any atom is -0.423 e. The highest BCUT2D eigenvalue weighted by Crippen LogP contribution is 2.15. The predicted octanol–water partition coefficient (Wildman–Crippen LogP) is 5.29. The van der Waals surface area contributed by atoms with Crippen molar-refractivity contribution in [1.82, 2.24) is 0 Å². The summed E-state index contributed by atoms with van der Waals surface area (Å²) in [5.74, 6) is 0.456. The fourth-order valence-corrected chi connectivity index (χ4v) is 2.51. The predicted molar refractivity (Wildman–Crippen MR) is 122 cm³/mol. The van der Waals surface area contributed by atoms with Gasteiger partial charge in [-0.2, -0.15) is 0 Å². The second kappa shape index (κ2) is 10.8. The first-order chi connectivity index (χ1) is 14.3. The van der Waals surface area contributed by atoms with Crippen LogP contribution in [0.4, 0.5) is 11.4 Å². The highest BCUT2D eigenvalue weighted by Gasteiger charge is 2.12. The van der Waals surface area contributed by atoms with E-state index in [1.165, 1.54) is 0 Å². The van der Waals surface area contributed by atoms with Crippen molar-refractivity contribution in [3.63, 3.8) is 0 Å². The van der Waals surface area contributed by atoms with E-state index in [1.54, 1.807) is 60.7 Å². The van der Waals surface area contributed by atoms with E-state index in [0.717, 1.165) is 17.5 Å². The molecule has 0 aliphatic carbocycles. The lowest BCUT2D eigenvalue weighted by molar-refractivity contribution is 0.0734. The molecular formula is C25H28N2O3. The number of benzene rings is 3. The van der Waals surface area contributed by atoms with Crippen LogP contribution in [0.15, 0.2) is 72.8 Å². The molecule has 0 radical (unpaired) electrons. The molecular weight excluding hydrogens is 376 g/mol. The van der Waals surface area contributed by atoms with E-state index >= 15 is 0 Å². The van der Waals surface area contributed by atoms with Crippen molar-refractivity contribution < 1.29 is 14.3 Å². The molecule has 5 heteroatoms. The smallest absolute Gasteiger partial charge is 0.343 e. The van der Waals surface area contributed by atoms with E-state index in [1.807, 2.05) is 32.9 Å². The molecule has 3 rings (SSSR count). The number of anilines is 2. The summed E-state index contributed by atoms with van der Waals surface area (Å²) in [7, 11) is 0. The maximum absolute atomic E-state index is 11.7. The highest BCUT2D eigenvalue weighted by atomic mass is 16.5. The van der Waals surface area contributed by atoms with Crippen LogP contribution in [0.3, 0.4) is 0 Å². The van der Waals surface area contributed by atoms with Crippen LogP contribution in [0.5, 0.6) is 5.75 Å². The normalized spacial score (nSPS) is 11.0. The van der Waals surface area contributed by atoms with Gasteiger partial charge in [-0.3, -0.25) is 4.79 Å². The number of ketones is 1. The lowest BCUT2D eigenvalue weighted by Gasteiger charge is -2.06. The number of rotatable bonds is 5. The molecule has 0 fully saturated rings. The standard InChI is InChI=1S/C14H13NO2.C11H15NO/c1-10-2-8-13(9-3-10)17-14(16)11-4-6-12(15)7-5-11;1-3-8(2)11(13)9-4-6-10(12)7-5-9/h2-9H,15H2,1H3;4-8H,3,12H2,1-2H3. The van der Waals surface area contributed by atoms with Crippen LogP contribution in [0.25, 0.3) is 0 Å². The Morgan fingerprint density at radius 2 is 1.27 bits per heavy atom. The fourth-order valence-electron chi connectivity index (χ4n) is 2.51. The van der Waals surface area contributed by atoms with E-state index in [2.05, 4.69) is 0 Å². The molecule has 0 bridgehead atoms. The zero-order valence-electron chi connectivity index (χ0n) is 17.6.